The number of nitrogens with two attached hydrogens (primary N) is 1. The van der Waals surface area contributed by atoms with Crippen molar-refractivity contribution in [2.45, 2.75) is 27.2 Å². The number of benzene rings is 1. The molecule has 0 bridgehead atoms. The zero-order chi connectivity index (χ0) is 12.6. The number of hydrogen-bond donors (Lipinski definition) is 1. The van der Waals surface area contributed by atoms with Gasteiger partial charge >= 0.3 is 0 Å². The Labute approximate surface area is 102 Å². The summed E-state index contributed by atoms with van der Waals surface area (Å²) in [5, 5.41) is 0.956. The minimum Gasteiger partial charge on any atom is -0.493 e. The summed E-state index contributed by atoms with van der Waals surface area (Å²) in [6.07, 6.45) is 0.850. The highest BCUT2D eigenvalue weighted by Crippen LogP contribution is 2.36. The monoisotopic (exact) mass is 233 g/mol. The van der Waals surface area contributed by atoms with Gasteiger partial charge in [-0.3, -0.25) is 0 Å². The highest BCUT2D eigenvalue weighted by atomic mass is 16.5. The molecule has 92 valence electrons. The summed E-state index contributed by atoms with van der Waals surface area (Å²) >= 11 is 0. The first-order chi connectivity index (χ1) is 8.02. The molecule has 0 saturated heterocycles. The van der Waals surface area contributed by atoms with Crippen molar-refractivity contribution in [3.05, 3.63) is 23.5 Å². The summed E-state index contributed by atoms with van der Waals surface area (Å²) in [6.45, 7) is 6.32. The maximum absolute atomic E-state index is 6.13. The molecule has 0 radical (unpaired) electrons. The largest absolute Gasteiger partial charge is 0.493 e. The second-order valence-corrected chi connectivity index (χ2v) is 4.88. The van der Waals surface area contributed by atoms with Crippen LogP contribution in [0.25, 0.3) is 11.0 Å². The Kier molecular flexibility index (Phi) is 3.01. The van der Waals surface area contributed by atoms with Gasteiger partial charge in [-0.2, -0.15) is 0 Å². The van der Waals surface area contributed by atoms with Gasteiger partial charge in [0.1, 0.15) is 5.76 Å². The van der Waals surface area contributed by atoms with E-state index in [1.165, 1.54) is 0 Å². The van der Waals surface area contributed by atoms with Crippen molar-refractivity contribution in [3.63, 3.8) is 0 Å². The average Bonchev–Trinajstić information content (AvgIpc) is 2.55. The molecule has 1 aromatic carbocycles. The molecule has 0 aliphatic heterocycles. The Morgan fingerprint density at radius 1 is 1.35 bits per heavy atom. The van der Waals surface area contributed by atoms with Gasteiger partial charge in [0.2, 0.25) is 0 Å². The van der Waals surface area contributed by atoms with Crippen LogP contribution in [0.5, 0.6) is 5.75 Å². The van der Waals surface area contributed by atoms with E-state index in [1.807, 2.05) is 19.1 Å². The molecule has 0 atom stereocenters. The summed E-state index contributed by atoms with van der Waals surface area (Å²) in [5.41, 5.74) is 8.76. The Hall–Kier alpha value is -1.64. The topological polar surface area (TPSA) is 48.4 Å². The quantitative estimate of drug-likeness (QED) is 0.882. The van der Waals surface area contributed by atoms with Crippen LogP contribution in [-0.4, -0.2) is 7.11 Å². The third-order valence-electron chi connectivity index (χ3n) is 2.83. The number of methoxy groups -OCH3 is 1. The molecular formula is C14H19NO2. The predicted octanol–water partition coefficient (Wildman–Crippen LogP) is 3.53. The fourth-order valence-electron chi connectivity index (χ4n) is 2.05. The predicted molar refractivity (Wildman–Crippen MR) is 70.5 cm³/mol. The fourth-order valence-corrected chi connectivity index (χ4v) is 2.05. The maximum atomic E-state index is 6.13. The SMILES string of the molecule is COc1cc(C)cc2c(N)c(CC(C)C)oc12. The van der Waals surface area contributed by atoms with E-state index in [-0.39, 0.29) is 0 Å². The van der Waals surface area contributed by atoms with Crippen LogP contribution < -0.4 is 10.5 Å². The molecule has 3 nitrogen and oxygen atoms in total. The fraction of sp³-hybridized carbons (Fsp3) is 0.429. The van der Waals surface area contributed by atoms with Crippen LogP contribution in [0.3, 0.4) is 0 Å². The molecule has 2 aromatic rings. The van der Waals surface area contributed by atoms with Crippen LogP contribution >= 0.6 is 0 Å². The van der Waals surface area contributed by atoms with Crippen molar-refractivity contribution in [1.29, 1.82) is 0 Å². The standard InChI is InChI=1S/C14H19NO2/c1-8(2)5-11-13(15)10-6-9(3)7-12(16-4)14(10)17-11/h6-8H,5,15H2,1-4H3. The van der Waals surface area contributed by atoms with E-state index in [0.717, 1.165) is 40.2 Å². The van der Waals surface area contributed by atoms with Crippen LogP contribution in [0.15, 0.2) is 16.5 Å². The van der Waals surface area contributed by atoms with Gasteiger partial charge in [0, 0.05) is 11.8 Å². The molecule has 0 aliphatic rings. The second-order valence-electron chi connectivity index (χ2n) is 4.88. The molecule has 0 saturated carbocycles. The van der Waals surface area contributed by atoms with Gasteiger partial charge in [0.05, 0.1) is 12.8 Å². The van der Waals surface area contributed by atoms with Crippen LogP contribution in [0, 0.1) is 12.8 Å². The van der Waals surface area contributed by atoms with Crippen LogP contribution in [0.1, 0.15) is 25.2 Å². The molecule has 3 heteroatoms. The zero-order valence-corrected chi connectivity index (χ0v) is 10.8. The maximum Gasteiger partial charge on any atom is 0.178 e. The Morgan fingerprint density at radius 3 is 2.65 bits per heavy atom. The number of rotatable bonds is 3. The first kappa shape index (κ1) is 11.8. The van der Waals surface area contributed by atoms with Crippen molar-refractivity contribution in [2.75, 3.05) is 12.8 Å². The zero-order valence-electron chi connectivity index (χ0n) is 10.8. The highest BCUT2D eigenvalue weighted by molar-refractivity contribution is 5.95. The summed E-state index contributed by atoms with van der Waals surface area (Å²) in [4.78, 5) is 0. The van der Waals surface area contributed by atoms with Gasteiger partial charge in [0.15, 0.2) is 11.3 Å². The van der Waals surface area contributed by atoms with Gasteiger partial charge in [-0.05, 0) is 30.5 Å². The van der Waals surface area contributed by atoms with Gasteiger partial charge in [0.25, 0.3) is 0 Å². The minimum atomic E-state index is 0.518. The number of anilines is 1. The molecule has 0 aliphatic carbocycles. The number of fused-ring (bicyclic) bond motifs is 1. The summed E-state index contributed by atoms with van der Waals surface area (Å²) in [5.74, 6) is 2.13. The number of hydrogen-bond acceptors (Lipinski definition) is 3. The Bertz CT molecular complexity index is 541. The second kappa shape index (κ2) is 4.32. The van der Waals surface area contributed by atoms with Crippen molar-refractivity contribution < 1.29 is 9.15 Å². The van der Waals surface area contributed by atoms with Gasteiger partial charge in [-0.1, -0.05) is 13.8 Å². The molecule has 1 heterocycles. The third kappa shape index (κ3) is 2.09. The highest BCUT2D eigenvalue weighted by Gasteiger charge is 2.16. The molecule has 17 heavy (non-hydrogen) atoms. The summed E-state index contributed by atoms with van der Waals surface area (Å²) < 4.78 is 11.2. The van der Waals surface area contributed by atoms with Gasteiger partial charge < -0.3 is 14.9 Å². The molecule has 1 aromatic heterocycles. The molecule has 0 unspecified atom stereocenters. The van der Waals surface area contributed by atoms with E-state index < -0.39 is 0 Å². The number of aryl methyl sites for hydroxylation is 1. The van der Waals surface area contributed by atoms with E-state index in [0.29, 0.717) is 5.92 Å². The Balaban J connectivity index is 2.64. The average molecular weight is 233 g/mol. The number of furan rings is 1. The van der Waals surface area contributed by atoms with Crippen LogP contribution in [-0.2, 0) is 6.42 Å². The lowest BCUT2D eigenvalue weighted by Gasteiger charge is -2.01. The normalized spacial score (nSPS) is 11.4. The Morgan fingerprint density at radius 2 is 2.06 bits per heavy atom. The van der Waals surface area contributed by atoms with E-state index >= 15 is 0 Å². The minimum absolute atomic E-state index is 0.518. The van der Waals surface area contributed by atoms with E-state index in [2.05, 4.69) is 13.8 Å². The molecule has 0 amide bonds. The molecule has 2 rings (SSSR count). The van der Waals surface area contributed by atoms with Gasteiger partial charge in [-0.15, -0.1) is 0 Å². The molecule has 0 fully saturated rings. The van der Waals surface area contributed by atoms with E-state index in [1.54, 1.807) is 7.11 Å². The number of ether oxygens (including phenoxy) is 1. The van der Waals surface area contributed by atoms with Crippen LogP contribution in [0.2, 0.25) is 0 Å². The van der Waals surface area contributed by atoms with Gasteiger partial charge in [-0.25, -0.2) is 0 Å². The summed E-state index contributed by atoms with van der Waals surface area (Å²) in [7, 11) is 1.65. The molecular weight excluding hydrogens is 214 g/mol. The lowest BCUT2D eigenvalue weighted by molar-refractivity contribution is 0.405. The lowest BCUT2D eigenvalue weighted by atomic mass is 10.1. The first-order valence-corrected chi connectivity index (χ1v) is 5.88. The van der Waals surface area contributed by atoms with Crippen LogP contribution in [0.4, 0.5) is 5.69 Å². The lowest BCUT2D eigenvalue weighted by Crippen LogP contribution is -1.96. The smallest absolute Gasteiger partial charge is 0.178 e. The van der Waals surface area contributed by atoms with Crippen molar-refractivity contribution in [2.24, 2.45) is 5.92 Å². The van der Waals surface area contributed by atoms with Crippen molar-refractivity contribution in [3.8, 4) is 5.75 Å². The molecule has 0 spiro atoms. The van der Waals surface area contributed by atoms with Crippen molar-refractivity contribution in [1.82, 2.24) is 0 Å². The molecule has 2 N–H and O–H groups in total. The van der Waals surface area contributed by atoms with Crippen molar-refractivity contribution >= 4 is 16.7 Å². The van der Waals surface area contributed by atoms with E-state index in [4.69, 9.17) is 14.9 Å². The third-order valence-corrected chi connectivity index (χ3v) is 2.83. The number of nitrogen functional groups attached to an aromatic ring is 1. The summed E-state index contributed by atoms with van der Waals surface area (Å²) in [6, 6.07) is 4.00. The first-order valence-electron chi connectivity index (χ1n) is 5.88. The van der Waals surface area contributed by atoms with E-state index in [9.17, 15) is 0 Å².